The van der Waals surface area contributed by atoms with Gasteiger partial charge in [0.05, 0.1) is 11.1 Å². The standard InChI is InChI=1S/C22H19N3OS/c1-16-19(14-23-24-22(26)21-12-7-13-27-21)18-10-5-6-11-20(18)25(16)15-17-8-3-2-4-9-17/h2-14H,15H2,1H3,(H,24,26). The van der Waals surface area contributed by atoms with Crippen LogP contribution in [0.2, 0.25) is 0 Å². The lowest BCUT2D eigenvalue weighted by Crippen LogP contribution is -2.16. The van der Waals surface area contributed by atoms with Crippen LogP contribution in [0, 0.1) is 6.92 Å². The molecular weight excluding hydrogens is 354 g/mol. The minimum Gasteiger partial charge on any atom is -0.340 e. The average molecular weight is 373 g/mol. The van der Waals surface area contributed by atoms with Crippen LogP contribution in [0.4, 0.5) is 0 Å². The van der Waals surface area contributed by atoms with Gasteiger partial charge in [-0.1, -0.05) is 54.6 Å². The van der Waals surface area contributed by atoms with Crippen molar-refractivity contribution in [2.45, 2.75) is 13.5 Å². The Balaban J connectivity index is 1.65. The maximum Gasteiger partial charge on any atom is 0.281 e. The first-order chi connectivity index (χ1) is 13.2. The normalized spacial score (nSPS) is 11.3. The smallest absolute Gasteiger partial charge is 0.281 e. The number of nitrogens with zero attached hydrogens (tertiary/aromatic N) is 2. The highest BCUT2D eigenvalue weighted by molar-refractivity contribution is 7.12. The molecule has 0 aliphatic rings. The SMILES string of the molecule is Cc1c(C=NNC(=O)c2cccs2)c2ccccc2n1Cc1ccccc1. The van der Waals surface area contributed by atoms with E-state index in [-0.39, 0.29) is 5.91 Å². The molecule has 2 aromatic carbocycles. The van der Waals surface area contributed by atoms with Crippen molar-refractivity contribution in [3.05, 3.63) is 93.8 Å². The van der Waals surface area contributed by atoms with Gasteiger partial charge in [0.25, 0.3) is 5.91 Å². The molecule has 0 atom stereocenters. The van der Waals surface area contributed by atoms with E-state index < -0.39 is 0 Å². The fourth-order valence-electron chi connectivity index (χ4n) is 3.21. The number of carbonyl (C=O) groups is 1. The van der Waals surface area contributed by atoms with Crippen LogP contribution in [-0.4, -0.2) is 16.7 Å². The summed E-state index contributed by atoms with van der Waals surface area (Å²) < 4.78 is 2.28. The van der Waals surface area contributed by atoms with Gasteiger partial charge < -0.3 is 4.57 Å². The average Bonchev–Trinajstić information content (AvgIpc) is 3.32. The van der Waals surface area contributed by atoms with Crippen LogP contribution < -0.4 is 5.43 Å². The number of hydrogen-bond acceptors (Lipinski definition) is 3. The Kier molecular flexibility index (Phi) is 4.85. The van der Waals surface area contributed by atoms with Gasteiger partial charge in [0.1, 0.15) is 0 Å². The van der Waals surface area contributed by atoms with E-state index in [4.69, 9.17) is 0 Å². The number of benzene rings is 2. The lowest BCUT2D eigenvalue weighted by atomic mass is 10.1. The van der Waals surface area contributed by atoms with Crippen molar-refractivity contribution in [1.82, 2.24) is 9.99 Å². The molecule has 134 valence electrons. The Hall–Kier alpha value is -3.18. The number of rotatable bonds is 5. The molecule has 4 aromatic rings. The lowest BCUT2D eigenvalue weighted by molar-refractivity contribution is 0.0959. The monoisotopic (exact) mass is 373 g/mol. The molecule has 5 heteroatoms. The van der Waals surface area contributed by atoms with Crippen molar-refractivity contribution in [2.75, 3.05) is 0 Å². The summed E-state index contributed by atoms with van der Waals surface area (Å²) in [4.78, 5) is 12.7. The van der Waals surface area contributed by atoms with Crippen LogP contribution in [0.5, 0.6) is 0 Å². The van der Waals surface area contributed by atoms with Gasteiger partial charge in [-0.3, -0.25) is 4.79 Å². The molecule has 0 bridgehead atoms. The third-order valence-corrected chi connectivity index (χ3v) is 5.44. The van der Waals surface area contributed by atoms with Crippen molar-refractivity contribution < 1.29 is 4.79 Å². The summed E-state index contributed by atoms with van der Waals surface area (Å²) in [7, 11) is 0. The van der Waals surface area contributed by atoms with Gasteiger partial charge >= 0.3 is 0 Å². The van der Waals surface area contributed by atoms with E-state index in [9.17, 15) is 4.79 Å². The summed E-state index contributed by atoms with van der Waals surface area (Å²) in [5, 5.41) is 7.20. The van der Waals surface area contributed by atoms with E-state index in [0.29, 0.717) is 4.88 Å². The van der Waals surface area contributed by atoms with Crippen LogP contribution in [0.25, 0.3) is 10.9 Å². The number of carbonyl (C=O) groups excluding carboxylic acids is 1. The second-order valence-corrected chi connectivity index (χ2v) is 7.21. The van der Waals surface area contributed by atoms with E-state index >= 15 is 0 Å². The van der Waals surface area contributed by atoms with Crippen molar-refractivity contribution in [1.29, 1.82) is 0 Å². The highest BCUT2D eigenvalue weighted by Gasteiger charge is 2.13. The summed E-state index contributed by atoms with van der Waals surface area (Å²) in [6, 6.07) is 22.3. The first kappa shape index (κ1) is 17.2. The zero-order valence-electron chi connectivity index (χ0n) is 14.9. The zero-order chi connectivity index (χ0) is 18.6. The molecule has 0 spiro atoms. The minimum atomic E-state index is -0.188. The fraction of sp³-hybridized carbons (Fsp3) is 0.0909. The molecule has 2 aromatic heterocycles. The number of para-hydroxylation sites is 1. The lowest BCUT2D eigenvalue weighted by Gasteiger charge is -2.08. The number of aromatic nitrogens is 1. The van der Waals surface area contributed by atoms with Crippen LogP contribution in [0.1, 0.15) is 26.5 Å². The van der Waals surface area contributed by atoms with Crippen molar-refractivity contribution in [3.8, 4) is 0 Å². The molecule has 4 nitrogen and oxygen atoms in total. The van der Waals surface area contributed by atoms with Gasteiger partial charge in [0, 0.05) is 28.7 Å². The largest absolute Gasteiger partial charge is 0.340 e. The summed E-state index contributed by atoms with van der Waals surface area (Å²) in [5.74, 6) is -0.188. The number of hydrazone groups is 1. The molecule has 0 saturated carbocycles. The Morgan fingerprint density at radius 3 is 2.63 bits per heavy atom. The van der Waals surface area contributed by atoms with Crippen LogP contribution >= 0.6 is 11.3 Å². The van der Waals surface area contributed by atoms with Crippen LogP contribution in [-0.2, 0) is 6.54 Å². The van der Waals surface area contributed by atoms with Gasteiger partial charge in [-0.25, -0.2) is 5.43 Å². The summed E-state index contributed by atoms with van der Waals surface area (Å²) in [6.45, 7) is 2.88. The Bertz CT molecular complexity index is 1100. The molecular formula is C22H19N3OS. The second kappa shape index (κ2) is 7.60. The molecule has 2 heterocycles. The van der Waals surface area contributed by atoms with Gasteiger partial charge in [-0.15, -0.1) is 11.3 Å². The summed E-state index contributed by atoms with van der Waals surface area (Å²) in [6.07, 6.45) is 1.74. The van der Waals surface area contributed by atoms with Crippen LogP contribution in [0.3, 0.4) is 0 Å². The van der Waals surface area contributed by atoms with Crippen molar-refractivity contribution >= 4 is 34.4 Å². The first-order valence-corrected chi connectivity index (χ1v) is 9.60. The molecule has 0 radical (unpaired) electrons. The Morgan fingerprint density at radius 1 is 1.07 bits per heavy atom. The van der Waals surface area contributed by atoms with Crippen molar-refractivity contribution in [3.63, 3.8) is 0 Å². The molecule has 0 aliphatic carbocycles. The topological polar surface area (TPSA) is 46.4 Å². The van der Waals surface area contributed by atoms with Gasteiger partial charge in [-0.2, -0.15) is 5.10 Å². The predicted molar refractivity (Wildman–Crippen MR) is 112 cm³/mol. The molecule has 1 N–H and O–H groups in total. The zero-order valence-corrected chi connectivity index (χ0v) is 15.7. The van der Waals surface area contributed by atoms with E-state index in [0.717, 1.165) is 28.7 Å². The highest BCUT2D eigenvalue weighted by Crippen LogP contribution is 2.25. The van der Waals surface area contributed by atoms with Crippen molar-refractivity contribution in [2.24, 2.45) is 5.10 Å². The van der Waals surface area contributed by atoms with E-state index in [1.54, 1.807) is 12.3 Å². The van der Waals surface area contributed by atoms with Gasteiger partial charge in [-0.05, 0) is 30.0 Å². The number of amides is 1. The minimum absolute atomic E-state index is 0.188. The molecule has 27 heavy (non-hydrogen) atoms. The van der Waals surface area contributed by atoms with E-state index in [1.807, 2.05) is 29.6 Å². The number of fused-ring (bicyclic) bond motifs is 1. The Labute approximate surface area is 161 Å². The third kappa shape index (κ3) is 3.55. The predicted octanol–water partition coefficient (Wildman–Crippen LogP) is 4.82. The molecule has 0 fully saturated rings. The molecule has 1 amide bonds. The maximum absolute atomic E-state index is 12.1. The van der Waals surface area contributed by atoms with Gasteiger partial charge in [0.15, 0.2) is 0 Å². The van der Waals surface area contributed by atoms with E-state index in [2.05, 4.69) is 58.4 Å². The number of nitrogens with one attached hydrogen (secondary N) is 1. The van der Waals surface area contributed by atoms with E-state index in [1.165, 1.54) is 16.9 Å². The van der Waals surface area contributed by atoms with Gasteiger partial charge in [0.2, 0.25) is 0 Å². The quantitative estimate of drug-likeness (QED) is 0.395. The molecule has 0 aliphatic heterocycles. The molecule has 0 saturated heterocycles. The summed E-state index contributed by atoms with van der Waals surface area (Å²) >= 11 is 1.40. The summed E-state index contributed by atoms with van der Waals surface area (Å²) in [5.41, 5.74) is 7.16. The number of hydrogen-bond donors (Lipinski definition) is 1. The number of thiophene rings is 1. The Morgan fingerprint density at radius 2 is 1.85 bits per heavy atom. The maximum atomic E-state index is 12.1. The molecule has 0 unspecified atom stereocenters. The fourth-order valence-corrected chi connectivity index (χ4v) is 3.82. The van der Waals surface area contributed by atoms with Crippen LogP contribution in [0.15, 0.2) is 77.2 Å². The third-order valence-electron chi connectivity index (χ3n) is 4.57. The first-order valence-electron chi connectivity index (χ1n) is 8.72. The second-order valence-electron chi connectivity index (χ2n) is 6.26. The highest BCUT2D eigenvalue weighted by atomic mass is 32.1. The molecule has 4 rings (SSSR count).